The minimum Gasteiger partial charge on any atom is -0.465 e. The van der Waals surface area contributed by atoms with Gasteiger partial charge in [0, 0.05) is 11.5 Å². The lowest BCUT2D eigenvalue weighted by Crippen LogP contribution is -2.07. The number of aryl methyl sites for hydroxylation is 1. The minimum atomic E-state index is 0.251. The molecule has 0 amide bonds. The lowest BCUT2D eigenvalue weighted by atomic mass is 9.84. The molecule has 0 bridgehead atoms. The van der Waals surface area contributed by atoms with Gasteiger partial charge in [-0.15, -0.1) is 0 Å². The van der Waals surface area contributed by atoms with E-state index in [4.69, 9.17) is 4.74 Å². The van der Waals surface area contributed by atoms with Crippen molar-refractivity contribution >= 4 is 10.8 Å². The minimum absolute atomic E-state index is 0.251. The number of benzene rings is 3. The molecular weight excluding hydrogens is 256 g/mol. The van der Waals surface area contributed by atoms with Gasteiger partial charge in [-0.25, -0.2) is 0 Å². The van der Waals surface area contributed by atoms with Crippen LogP contribution in [-0.2, 0) is 0 Å². The zero-order valence-electron chi connectivity index (χ0n) is 11.9. The molecule has 1 nitrogen and oxygen atoms in total. The molecule has 102 valence electrons. The molecule has 0 aliphatic carbocycles. The smallest absolute Gasteiger partial charge is 0.131 e. The zero-order valence-corrected chi connectivity index (χ0v) is 11.9. The van der Waals surface area contributed by atoms with Gasteiger partial charge in [0.25, 0.3) is 0 Å². The first kappa shape index (κ1) is 12.2. The predicted octanol–water partition coefficient (Wildman–Crippen LogP) is 5.19. The molecule has 0 fully saturated rings. The molecule has 0 aromatic heterocycles. The molecule has 1 unspecified atom stereocenters. The van der Waals surface area contributed by atoms with Gasteiger partial charge in [0.1, 0.15) is 5.75 Å². The third-order valence-corrected chi connectivity index (χ3v) is 4.23. The summed E-state index contributed by atoms with van der Waals surface area (Å²) in [6.07, 6.45) is 3.96. The van der Waals surface area contributed by atoms with Gasteiger partial charge in [0.15, 0.2) is 0 Å². The molecule has 3 aromatic carbocycles. The molecule has 0 radical (unpaired) electrons. The standard InChI is InChI=1S/C20H16O/c1-14-6-2-4-8-16(14)18-12-13-21-19-11-10-15-7-3-5-9-17(15)20(18)19/h2-13,18H,1H3. The van der Waals surface area contributed by atoms with Gasteiger partial charge in [-0.1, -0.05) is 54.6 Å². The third-order valence-electron chi connectivity index (χ3n) is 4.23. The summed E-state index contributed by atoms with van der Waals surface area (Å²) in [5.41, 5.74) is 3.92. The maximum atomic E-state index is 5.74. The first-order valence-corrected chi connectivity index (χ1v) is 7.25. The van der Waals surface area contributed by atoms with E-state index >= 15 is 0 Å². The van der Waals surface area contributed by atoms with Crippen LogP contribution in [-0.4, -0.2) is 0 Å². The van der Waals surface area contributed by atoms with E-state index < -0.39 is 0 Å². The average molecular weight is 272 g/mol. The highest BCUT2D eigenvalue weighted by Crippen LogP contribution is 2.41. The number of rotatable bonds is 1. The van der Waals surface area contributed by atoms with Crippen LogP contribution in [0.4, 0.5) is 0 Å². The Balaban J connectivity index is 2.01. The summed E-state index contributed by atoms with van der Waals surface area (Å²) in [7, 11) is 0. The van der Waals surface area contributed by atoms with Crippen molar-refractivity contribution in [1.82, 2.24) is 0 Å². The normalized spacial score (nSPS) is 16.5. The second-order valence-electron chi connectivity index (χ2n) is 5.48. The van der Waals surface area contributed by atoms with Crippen molar-refractivity contribution in [2.45, 2.75) is 12.8 Å². The Hall–Kier alpha value is -2.54. The van der Waals surface area contributed by atoms with Crippen LogP contribution in [0.5, 0.6) is 5.75 Å². The highest BCUT2D eigenvalue weighted by Gasteiger charge is 2.22. The maximum Gasteiger partial charge on any atom is 0.131 e. The quantitative estimate of drug-likeness (QED) is 0.592. The van der Waals surface area contributed by atoms with Crippen molar-refractivity contribution in [1.29, 1.82) is 0 Å². The molecule has 1 aliphatic heterocycles. The second kappa shape index (κ2) is 4.78. The van der Waals surface area contributed by atoms with Gasteiger partial charge < -0.3 is 4.74 Å². The molecule has 0 spiro atoms. The van der Waals surface area contributed by atoms with Crippen LogP contribution in [0.3, 0.4) is 0 Å². The average Bonchev–Trinajstić information content (AvgIpc) is 2.54. The van der Waals surface area contributed by atoms with Crippen LogP contribution in [0.2, 0.25) is 0 Å². The van der Waals surface area contributed by atoms with E-state index in [0.717, 1.165) is 5.75 Å². The van der Waals surface area contributed by atoms with Crippen LogP contribution < -0.4 is 4.74 Å². The summed E-state index contributed by atoms with van der Waals surface area (Å²) < 4.78 is 5.74. The summed E-state index contributed by atoms with van der Waals surface area (Å²) >= 11 is 0. The monoisotopic (exact) mass is 272 g/mol. The second-order valence-corrected chi connectivity index (χ2v) is 5.48. The summed E-state index contributed by atoms with van der Waals surface area (Å²) in [5.74, 6) is 1.21. The Morgan fingerprint density at radius 1 is 0.857 bits per heavy atom. The maximum absolute atomic E-state index is 5.74. The first-order valence-electron chi connectivity index (χ1n) is 7.25. The van der Waals surface area contributed by atoms with E-state index in [0.29, 0.717) is 0 Å². The number of hydrogen-bond donors (Lipinski definition) is 0. The summed E-state index contributed by atoms with van der Waals surface area (Å²) in [4.78, 5) is 0. The molecule has 3 aromatic rings. The number of fused-ring (bicyclic) bond motifs is 3. The number of hydrogen-bond acceptors (Lipinski definition) is 1. The topological polar surface area (TPSA) is 9.23 Å². The highest BCUT2D eigenvalue weighted by atomic mass is 16.5. The van der Waals surface area contributed by atoms with E-state index in [1.54, 1.807) is 0 Å². The predicted molar refractivity (Wildman–Crippen MR) is 86.7 cm³/mol. The van der Waals surface area contributed by atoms with E-state index in [1.165, 1.54) is 27.5 Å². The van der Waals surface area contributed by atoms with Crippen LogP contribution in [0.15, 0.2) is 73.0 Å². The SMILES string of the molecule is Cc1ccccc1C1C=COc2ccc3ccccc3c21. The van der Waals surface area contributed by atoms with E-state index in [1.807, 2.05) is 6.26 Å². The molecule has 1 heterocycles. The zero-order chi connectivity index (χ0) is 14.2. The van der Waals surface area contributed by atoms with Crippen molar-refractivity contribution < 1.29 is 4.74 Å². The highest BCUT2D eigenvalue weighted by molar-refractivity contribution is 5.89. The molecule has 0 N–H and O–H groups in total. The van der Waals surface area contributed by atoms with Gasteiger partial charge in [-0.3, -0.25) is 0 Å². The Morgan fingerprint density at radius 3 is 2.57 bits per heavy atom. The number of ether oxygens (including phenoxy) is 1. The largest absolute Gasteiger partial charge is 0.465 e. The summed E-state index contributed by atoms with van der Waals surface area (Å²) in [5, 5.41) is 2.53. The Bertz CT molecular complexity index is 845. The van der Waals surface area contributed by atoms with Crippen LogP contribution >= 0.6 is 0 Å². The van der Waals surface area contributed by atoms with Gasteiger partial charge in [-0.05, 0) is 41.0 Å². The van der Waals surface area contributed by atoms with Crippen molar-refractivity contribution in [3.8, 4) is 5.75 Å². The Labute approximate surface area is 124 Å². The van der Waals surface area contributed by atoms with Crippen LogP contribution in [0, 0.1) is 6.92 Å². The molecule has 1 heteroatoms. The van der Waals surface area contributed by atoms with E-state index in [9.17, 15) is 0 Å². The lowest BCUT2D eigenvalue weighted by Gasteiger charge is -2.24. The fourth-order valence-corrected chi connectivity index (χ4v) is 3.18. The van der Waals surface area contributed by atoms with Crippen molar-refractivity contribution in [3.63, 3.8) is 0 Å². The molecule has 1 atom stereocenters. The molecule has 0 saturated carbocycles. The summed E-state index contributed by atoms with van der Waals surface area (Å²) in [6, 6.07) is 21.3. The fraction of sp³-hybridized carbons (Fsp3) is 0.100. The van der Waals surface area contributed by atoms with Crippen LogP contribution in [0.25, 0.3) is 10.8 Å². The Kier molecular flexibility index (Phi) is 2.78. The number of allylic oxidation sites excluding steroid dienone is 1. The van der Waals surface area contributed by atoms with Crippen molar-refractivity contribution in [2.75, 3.05) is 0 Å². The van der Waals surface area contributed by atoms with Crippen LogP contribution in [0.1, 0.15) is 22.6 Å². The van der Waals surface area contributed by atoms with Gasteiger partial charge in [-0.2, -0.15) is 0 Å². The first-order chi connectivity index (χ1) is 10.3. The van der Waals surface area contributed by atoms with Gasteiger partial charge in [0.2, 0.25) is 0 Å². The van der Waals surface area contributed by atoms with Crippen molar-refractivity contribution in [3.05, 3.63) is 89.7 Å². The molecule has 0 saturated heterocycles. The lowest BCUT2D eigenvalue weighted by molar-refractivity contribution is 0.460. The Morgan fingerprint density at radius 2 is 1.67 bits per heavy atom. The fourth-order valence-electron chi connectivity index (χ4n) is 3.18. The van der Waals surface area contributed by atoms with E-state index in [2.05, 4.69) is 73.7 Å². The molecule has 21 heavy (non-hydrogen) atoms. The summed E-state index contributed by atoms with van der Waals surface area (Å²) in [6.45, 7) is 2.17. The molecule has 1 aliphatic rings. The molecular formula is C20H16O. The van der Waals surface area contributed by atoms with Gasteiger partial charge in [0.05, 0.1) is 6.26 Å². The third kappa shape index (κ3) is 1.93. The van der Waals surface area contributed by atoms with Gasteiger partial charge >= 0.3 is 0 Å². The van der Waals surface area contributed by atoms with Crippen molar-refractivity contribution in [2.24, 2.45) is 0 Å². The van der Waals surface area contributed by atoms with E-state index in [-0.39, 0.29) is 5.92 Å². The molecule has 4 rings (SSSR count).